The second kappa shape index (κ2) is 15.1. The fourth-order valence-corrected chi connectivity index (χ4v) is 6.65. The molecule has 0 aromatic heterocycles. The summed E-state index contributed by atoms with van der Waals surface area (Å²) in [5.41, 5.74) is 3.24. The minimum atomic E-state index is -3.91. The molecule has 1 heterocycles. The van der Waals surface area contributed by atoms with Crippen LogP contribution in [0.5, 0.6) is 0 Å². The average molecular weight is 592 g/mol. The smallest absolute Gasteiger partial charge is 0.243 e. The number of amides is 2. The lowest BCUT2D eigenvalue weighted by molar-refractivity contribution is -0.137. The zero-order chi connectivity index (χ0) is 30.0. The van der Waals surface area contributed by atoms with E-state index in [-0.39, 0.29) is 42.4 Å². The van der Waals surface area contributed by atoms with E-state index in [2.05, 4.69) is 0 Å². The van der Waals surface area contributed by atoms with Gasteiger partial charge in [-0.25, -0.2) is 8.42 Å². The summed E-state index contributed by atoms with van der Waals surface area (Å²) in [4.78, 5) is 30.7. The van der Waals surface area contributed by atoms with Crippen molar-refractivity contribution >= 4 is 21.8 Å². The number of hydrogen-bond donors (Lipinski definition) is 0. The lowest BCUT2D eigenvalue weighted by Crippen LogP contribution is -2.51. The maximum absolute atomic E-state index is 13.9. The van der Waals surface area contributed by atoms with E-state index in [0.717, 1.165) is 16.7 Å². The monoisotopic (exact) mass is 591 g/mol. The molecule has 9 heteroatoms. The molecule has 8 nitrogen and oxygen atoms in total. The van der Waals surface area contributed by atoms with Crippen molar-refractivity contribution in [1.29, 1.82) is 0 Å². The summed E-state index contributed by atoms with van der Waals surface area (Å²) in [6.07, 6.45) is 2.42. The van der Waals surface area contributed by atoms with Crippen LogP contribution in [0.25, 0.3) is 0 Å². The third kappa shape index (κ3) is 8.50. The Bertz CT molecular complexity index is 1390. The topological polar surface area (TPSA) is 87.2 Å². The summed E-state index contributed by atoms with van der Waals surface area (Å²) in [7, 11) is -2.40. The van der Waals surface area contributed by atoms with Crippen molar-refractivity contribution in [3.8, 4) is 0 Å². The Kier molecular flexibility index (Phi) is 11.3. The standard InChI is InChI=1S/C33H41N3O5S/c1-27-13-15-29(16-14-27)25-36(30-19-21-34(22-20-30)32(37)18-17-28-9-5-3-6-10-28)33(38)26-35(23-24-41-2)42(39,40)31-11-7-4-8-12-31/h3-16,30H,17-26H2,1-2H3. The molecule has 1 saturated heterocycles. The molecule has 0 saturated carbocycles. The van der Waals surface area contributed by atoms with Crippen LogP contribution in [0.2, 0.25) is 0 Å². The van der Waals surface area contributed by atoms with E-state index in [4.69, 9.17) is 4.74 Å². The summed E-state index contributed by atoms with van der Waals surface area (Å²) in [6, 6.07) is 26.1. The maximum Gasteiger partial charge on any atom is 0.243 e. The Hall–Kier alpha value is -3.53. The number of piperidine rings is 1. The first-order chi connectivity index (χ1) is 20.3. The van der Waals surface area contributed by atoms with Crippen LogP contribution >= 0.6 is 0 Å². The van der Waals surface area contributed by atoms with Crippen molar-refractivity contribution in [2.75, 3.05) is 39.9 Å². The Morgan fingerprint density at radius 2 is 1.50 bits per heavy atom. The molecule has 0 atom stereocenters. The maximum atomic E-state index is 13.9. The molecule has 3 aromatic carbocycles. The van der Waals surface area contributed by atoms with Crippen molar-refractivity contribution in [3.05, 3.63) is 102 Å². The van der Waals surface area contributed by atoms with E-state index in [1.807, 2.05) is 66.4 Å². The molecule has 1 aliphatic heterocycles. The third-order valence-corrected chi connectivity index (χ3v) is 9.62. The molecule has 3 aromatic rings. The van der Waals surface area contributed by atoms with E-state index in [0.29, 0.717) is 45.3 Å². The van der Waals surface area contributed by atoms with Crippen LogP contribution in [0.15, 0.2) is 89.8 Å². The van der Waals surface area contributed by atoms with Gasteiger partial charge in [0.2, 0.25) is 21.8 Å². The number of carbonyl (C=O) groups is 2. The highest BCUT2D eigenvalue weighted by Gasteiger charge is 2.33. The van der Waals surface area contributed by atoms with Crippen LogP contribution in [0.1, 0.15) is 36.0 Å². The van der Waals surface area contributed by atoms with Gasteiger partial charge in [-0.3, -0.25) is 9.59 Å². The third-order valence-electron chi connectivity index (χ3n) is 7.76. The Morgan fingerprint density at radius 3 is 2.12 bits per heavy atom. The van der Waals surface area contributed by atoms with E-state index >= 15 is 0 Å². The fourth-order valence-electron chi connectivity index (χ4n) is 5.25. The number of aryl methyl sites for hydroxylation is 2. The van der Waals surface area contributed by atoms with E-state index in [1.165, 1.54) is 23.5 Å². The molecule has 0 bridgehead atoms. The van der Waals surface area contributed by atoms with Crippen LogP contribution in [-0.2, 0) is 37.3 Å². The summed E-state index contributed by atoms with van der Waals surface area (Å²) >= 11 is 0. The number of sulfonamides is 1. The molecule has 0 unspecified atom stereocenters. The minimum absolute atomic E-state index is 0.0617. The molecule has 0 aliphatic carbocycles. The molecule has 2 amide bonds. The van der Waals surface area contributed by atoms with Crippen LogP contribution in [-0.4, -0.2) is 80.3 Å². The number of carbonyl (C=O) groups excluding carboxylic acids is 2. The number of benzene rings is 3. The zero-order valence-corrected chi connectivity index (χ0v) is 25.3. The van der Waals surface area contributed by atoms with Gasteiger partial charge in [-0.2, -0.15) is 4.31 Å². The van der Waals surface area contributed by atoms with Gasteiger partial charge in [0, 0.05) is 45.8 Å². The summed E-state index contributed by atoms with van der Waals surface area (Å²) < 4.78 is 33.4. The lowest BCUT2D eigenvalue weighted by atomic mass is 10.0. The van der Waals surface area contributed by atoms with E-state index < -0.39 is 10.0 Å². The van der Waals surface area contributed by atoms with Crippen molar-refractivity contribution in [2.24, 2.45) is 0 Å². The second-order valence-electron chi connectivity index (χ2n) is 10.7. The quantitative estimate of drug-likeness (QED) is 0.296. The number of nitrogens with zero attached hydrogens (tertiary/aromatic N) is 3. The number of methoxy groups -OCH3 is 1. The van der Waals surface area contributed by atoms with E-state index in [9.17, 15) is 18.0 Å². The second-order valence-corrected chi connectivity index (χ2v) is 12.7. The van der Waals surface area contributed by atoms with Gasteiger partial charge in [-0.15, -0.1) is 0 Å². The number of likely N-dealkylation sites (tertiary alicyclic amines) is 1. The fraction of sp³-hybridized carbons (Fsp3) is 0.394. The molecular formula is C33H41N3O5S. The first-order valence-corrected chi connectivity index (χ1v) is 15.9. The highest BCUT2D eigenvalue weighted by molar-refractivity contribution is 7.89. The number of ether oxygens (including phenoxy) is 1. The van der Waals surface area contributed by atoms with Crippen LogP contribution < -0.4 is 0 Å². The number of hydrogen-bond acceptors (Lipinski definition) is 5. The molecule has 42 heavy (non-hydrogen) atoms. The van der Waals surface area contributed by atoms with Gasteiger partial charge >= 0.3 is 0 Å². The van der Waals surface area contributed by atoms with Gasteiger partial charge in [0.05, 0.1) is 18.0 Å². The summed E-state index contributed by atoms with van der Waals surface area (Å²) in [6.45, 7) is 3.45. The molecule has 0 spiro atoms. The molecule has 0 N–H and O–H groups in total. The minimum Gasteiger partial charge on any atom is -0.383 e. The Labute approximate surface area is 249 Å². The summed E-state index contributed by atoms with van der Waals surface area (Å²) in [5.74, 6) is -0.145. The molecule has 0 radical (unpaired) electrons. The largest absolute Gasteiger partial charge is 0.383 e. The molecular weight excluding hydrogens is 550 g/mol. The van der Waals surface area contributed by atoms with Gasteiger partial charge in [-0.05, 0) is 49.4 Å². The van der Waals surface area contributed by atoms with Crippen LogP contribution in [0.4, 0.5) is 0 Å². The highest BCUT2D eigenvalue weighted by Crippen LogP contribution is 2.22. The molecule has 224 valence electrons. The van der Waals surface area contributed by atoms with Crippen LogP contribution in [0, 0.1) is 6.92 Å². The predicted octanol–water partition coefficient (Wildman–Crippen LogP) is 4.28. The molecule has 1 aliphatic rings. The van der Waals surface area contributed by atoms with Crippen molar-refractivity contribution in [3.63, 3.8) is 0 Å². The predicted molar refractivity (Wildman–Crippen MR) is 163 cm³/mol. The van der Waals surface area contributed by atoms with Gasteiger partial charge in [0.1, 0.15) is 0 Å². The highest BCUT2D eigenvalue weighted by atomic mass is 32.2. The van der Waals surface area contributed by atoms with Crippen molar-refractivity contribution in [1.82, 2.24) is 14.1 Å². The molecule has 1 fully saturated rings. The molecule has 4 rings (SSSR count). The zero-order valence-electron chi connectivity index (χ0n) is 24.5. The SMILES string of the molecule is COCCN(CC(=O)N(Cc1ccc(C)cc1)C1CCN(C(=O)CCc2ccccc2)CC1)S(=O)(=O)c1ccccc1. The van der Waals surface area contributed by atoms with Crippen LogP contribution in [0.3, 0.4) is 0 Å². The lowest BCUT2D eigenvalue weighted by Gasteiger charge is -2.39. The van der Waals surface area contributed by atoms with E-state index in [1.54, 1.807) is 23.1 Å². The van der Waals surface area contributed by atoms with Gasteiger partial charge < -0.3 is 14.5 Å². The Morgan fingerprint density at radius 1 is 0.881 bits per heavy atom. The Balaban J connectivity index is 1.47. The van der Waals surface area contributed by atoms with Gasteiger partial charge in [0.25, 0.3) is 0 Å². The summed E-state index contributed by atoms with van der Waals surface area (Å²) in [5, 5.41) is 0. The first-order valence-electron chi connectivity index (χ1n) is 14.5. The number of rotatable bonds is 13. The normalized spacial score (nSPS) is 14.2. The van der Waals surface area contributed by atoms with Crippen molar-refractivity contribution < 1.29 is 22.7 Å². The van der Waals surface area contributed by atoms with Gasteiger partial charge in [-0.1, -0.05) is 78.4 Å². The van der Waals surface area contributed by atoms with Crippen molar-refractivity contribution in [2.45, 2.75) is 50.1 Å². The van der Waals surface area contributed by atoms with Gasteiger partial charge in [0.15, 0.2) is 0 Å². The average Bonchev–Trinajstić information content (AvgIpc) is 3.02. The first kappa shape index (κ1) is 31.4.